The van der Waals surface area contributed by atoms with E-state index in [1.807, 2.05) is 27.7 Å². The Morgan fingerprint density at radius 1 is 1.11 bits per heavy atom. The molecule has 1 aromatic carbocycles. The highest BCUT2D eigenvalue weighted by Gasteiger charge is 2.30. The third-order valence-corrected chi connectivity index (χ3v) is 6.89. The molecule has 1 saturated heterocycles. The molecule has 3 aromatic rings. The lowest BCUT2D eigenvalue weighted by Crippen LogP contribution is -2.20. The number of anilines is 2. The van der Waals surface area contributed by atoms with Crippen LogP contribution in [-0.4, -0.2) is 37.2 Å². The second kappa shape index (κ2) is 16.3. The topological polar surface area (TPSA) is 95.1 Å². The molecule has 4 N–H and O–H groups in total. The number of carbonyl (C=O) groups excluding carboxylic acids is 1. The average Bonchev–Trinajstić information content (AvgIpc) is 3.62. The number of pyridine rings is 1. The van der Waals surface area contributed by atoms with Crippen LogP contribution in [0.2, 0.25) is 0 Å². The van der Waals surface area contributed by atoms with Gasteiger partial charge in [0.15, 0.2) is 0 Å². The van der Waals surface area contributed by atoms with Crippen LogP contribution in [0.3, 0.4) is 0 Å². The van der Waals surface area contributed by atoms with Gasteiger partial charge in [-0.15, -0.1) is 11.3 Å². The fourth-order valence-corrected chi connectivity index (χ4v) is 5.14. The van der Waals surface area contributed by atoms with Crippen LogP contribution in [0.5, 0.6) is 0 Å². The summed E-state index contributed by atoms with van der Waals surface area (Å²) < 4.78 is 39.2. The van der Waals surface area contributed by atoms with Crippen molar-refractivity contribution >= 4 is 50.9 Å². The van der Waals surface area contributed by atoms with Crippen LogP contribution in [-0.2, 0) is 6.18 Å². The summed E-state index contributed by atoms with van der Waals surface area (Å²) in [5.41, 5.74) is 5.20. The van der Waals surface area contributed by atoms with Gasteiger partial charge in [0.1, 0.15) is 10.7 Å². The molecule has 1 aliphatic rings. The highest BCUT2D eigenvalue weighted by atomic mass is 79.9. The minimum Gasteiger partial charge on any atom is -0.356 e. The molecule has 6 nitrogen and oxygen atoms in total. The van der Waals surface area contributed by atoms with Crippen molar-refractivity contribution in [3.8, 4) is 10.4 Å². The number of rotatable bonds is 5. The Morgan fingerprint density at radius 3 is 2.18 bits per heavy atom. The van der Waals surface area contributed by atoms with Gasteiger partial charge in [0.2, 0.25) is 0 Å². The molecule has 0 saturated carbocycles. The molecular weight excluding hydrogens is 579 g/mol. The summed E-state index contributed by atoms with van der Waals surface area (Å²) in [6.45, 7) is 9.89. The van der Waals surface area contributed by atoms with E-state index in [1.54, 1.807) is 18.3 Å². The maximum Gasteiger partial charge on any atom is 0.416 e. The predicted octanol–water partition coefficient (Wildman–Crippen LogP) is 8.07. The number of alkyl halides is 3. The van der Waals surface area contributed by atoms with Crippen LogP contribution in [0.15, 0.2) is 47.1 Å². The molecule has 1 aliphatic heterocycles. The average molecular weight is 615 g/mol. The zero-order valence-corrected chi connectivity index (χ0v) is 24.6. The Balaban J connectivity index is 0.00000112. The molecule has 0 unspecified atom stereocenters. The lowest BCUT2D eigenvalue weighted by Gasteiger charge is -2.18. The number of nitrogens with zero attached hydrogens (tertiary/aromatic N) is 2. The van der Waals surface area contributed by atoms with Gasteiger partial charge in [-0.05, 0) is 65.6 Å². The number of aromatic nitrogens is 1. The van der Waals surface area contributed by atoms with Crippen molar-refractivity contribution < 1.29 is 18.0 Å². The van der Waals surface area contributed by atoms with E-state index in [9.17, 15) is 18.0 Å². The first-order valence-electron chi connectivity index (χ1n) is 12.4. The normalized spacial score (nSPS) is 12.2. The number of amides is 1. The van der Waals surface area contributed by atoms with Gasteiger partial charge in [-0.2, -0.15) is 13.2 Å². The molecule has 0 atom stereocenters. The van der Waals surface area contributed by atoms with Crippen molar-refractivity contribution in [2.75, 3.05) is 30.4 Å². The lowest BCUT2D eigenvalue weighted by atomic mass is 10.1. The minimum atomic E-state index is -4.41. The van der Waals surface area contributed by atoms with Crippen molar-refractivity contribution in [1.82, 2.24) is 4.98 Å². The van der Waals surface area contributed by atoms with Gasteiger partial charge >= 0.3 is 6.18 Å². The number of thiophene rings is 1. The van der Waals surface area contributed by atoms with E-state index in [2.05, 4.69) is 36.9 Å². The molecule has 1 fully saturated rings. The number of nitrogens with two attached hydrogens (primary N) is 1. The summed E-state index contributed by atoms with van der Waals surface area (Å²) >= 11 is 4.64. The quantitative estimate of drug-likeness (QED) is 0.253. The van der Waals surface area contributed by atoms with Gasteiger partial charge in [-0.1, -0.05) is 39.8 Å². The number of benzene rings is 1. The van der Waals surface area contributed by atoms with Gasteiger partial charge in [-0.25, -0.2) is 4.98 Å². The lowest BCUT2D eigenvalue weighted by molar-refractivity contribution is -0.137. The molecule has 4 rings (SSSR count). The van der Waals surface area contributed by atoms with Gasteiger partial charge in [0.05, 0.1) is 21.9 Å². The van der Waals surface area contributed by atoms with E-state index in [-0.39, 0.29) is 0 Å². The smallest absolute Gasteiger partial charge is 0.356 e. The van der Waals surface area contributed by atoms with E-state index in [4.69, 9.17) is 5.41 Å². The van der Waals surface area contributed by atoms with E-state index >= 15 is 0 Å². The Morgan fingerprint density at radius 2 is 1.68 bits per heavy atom. The second-order valence-corrected chi connectivity index (χ2v) is 9.20. The molecule has 1 amide bonds. The maximum absolute atomic E-state index is 12.9. The number of nitrogens with one attached hydrogen (secondary N) is 2. The Labute approximate surface area is 235 Å². The molecule has 208 valence electrons. The fourth-order valence-electron chi connectivity index (χ4n) is 3.50. The summed E-state index contributed by atoms with van der Waals surface area (Å²) in [5, 5.41) is 10.4. The number of carbonyl (C=O) groups is 1. The van der Waals surface area contributed by atoms with Gasteiger partial charge in [0.25, 0.3) is 5.91 Å². The van der Waals surface area contributed by atoms with Crippen LogP contribution < -0.4 is 16.0 Å². The van der Waals surface area contributed by atoms with Crippen LogP contribution in [0.25, 0.3) is 10.4 Å². The van der Waals surface area contributed by atoms with Gasteiger partial charge in [-0.3, -0.25) is 4.79 Å². The van der Waals surface area contributed by atoms with Crippen LogP contribution in [0.4, 0.5) is 24.7 Å². The monoisotopic (exact) mass is 613 g/mol. The molecule has 3 heterocycles. The first kappa shape index (κ1) is 33.3. The van der Waals surface area contributed by atoms with E-state index in [0.717, 1.165) is 65.9 Å². The number of hydrogen-bond donors (Lipinski definition) is 3. The molecular formula is C27H35BrF3N5OS. The zero-order valence-electron chi connectivity index (χ0n) is 22.2. The summed E-state index contributed by atoms with van der Waals surface area (Å²) in [6, 6.07) is 8.14. The molecule has 0 aliphatic carbocycles. The fraction of sp³-hybridized carbons (Fsp3) is 0.370. The summed E-state index contributed by atoms with van der Waals surface area (Å²) in [5.74, 6) is 0.427. The highest BCUT2D eigenvalue weighted by molar-refractivity contribution is 9.10. The SMILES string of the molecule is CC.CC.CN.N=Cc1cc(-c2ccc(C(F)(F)F)cc2)sc1C(=O)Nc1cnc(N2CCCC2)c(Br)c1. The van der Waals surface area contributed by atoms with Crippen LogP contribution >= 0.6 is 27.3 Å². The van der Waals surface area contributed by atoms with E-state index < -0.39 is 17.6 Å². The first-order valence-corrected chi connectivity index (χ1v) is 14.0. The van der Waals surface area contributed by atoms with Gasteiger partial charge < -0.3 is 21.4 Å². The molecule has 2 aromatic heterocycles. The summed E-state index contributed by atoms with van der Waals surface area (Å²) in [7, 11) is 1.50. The zero-order chi connectivity index (χ0) is 28.9. The largest absolute Gasteiger partial charge is 0.416 e. The molecule has 0 spiro atoms. The second-order valence-electron chi connectivity index (χ2n) is 7.29. The van der Waals surface area contributed by atoms with Crippen LogP contribution in [0.1, 0.15) is 61.3 Å². The highest BCUT2D eigenvalue weighted by Crippen LogP contribution is 2.35. The third kappa shape index (κ3) is 8.64. The first-order chi connectivity index (χ1) is 18.3. The number of halogens is 4. The van der Waals surface area contributed by atoms with Gasteiger partial charge in [0, 0.05) is 29.7 Å². The minimum absolute atomic E-state index is 0.301. The van der Waals surface area contributed by atoms with Crippen molar-refractivity contribution in [2.24, 2.45) is 5.73 Å². The molecule has 38 heavy (non-hydrogen) atoms. The maximum atomic E-state index is 12.9. The molecule has 0 bridgehead atoms. The molecule has 0 radical (unpaired) electrons. The standard InChI is InChI=1S/C22H18BrF3N4OS.2C2H6.CH5N/c23-17-10-16(12-28-20(17)30-7-1-2-8-30)29-21(31)19-14(11-27)9-18(32-19)13-3-5-15(6-4-13)22(24,25)26;3*1-2/h3-6,9-12,27H,1-2,7-8H2,(H,29,31);2*1-2H3;2H2,1H3. The van der Waals surface area contributed by atoms with Crippen molar-refractivity contribution in [1.29, 1.82) is 5.41 Å². The van der Waals surface area contributed by atoms with E-state index in [0.29, 0.717) is 26.6 Å². The predicted molar refractivity (Wildman–Crippen MR) is 157 cm³/mol. The summed E-state index contributed by atoms with van der Waals surface area (Å²) in [4.78, 5) is 20.4. The molecule has 11 heteroatoms. The number of hydrogen-bond acceptors (Lipinski definition) is 6. The van der Waals surface area contributed by atoms with Crippen molar-refractivity contribution in [2.45, 2.75) is 46.7 Å². The van der Waals surface area contributed by atoms with Crippen molar-refractivity contribution in [3.05, 3.63) is 63.1 Å². The Kier molecular flexibility index (Phi) is 14.2. The van der Waals surface area contributed by atoms with Crippen molar-refractivity contribution in [3.63, 3.8) is 0 Å². The Bertz CT molecular complexity index is 1160. The Hall–Kier alpha value is -2.76. The summed E-state index contributed by atoms with van der Waals surface area (Å²) in [6.07, 6.45) is 0.484. The third-order valence-electron chi connectivity index (χ3n) is 5.10. The van der Waals surface area contributed by atoms with Crippen LogP contribution in [0, 0.1) is 5.41 Å². The van der Waals surface area contributed by atoms with E-state index in [1.165, 1.54) is 19.2 Å².